The molecule has 0 spiro atoms. The van der Waals surface area contributed by atoms with E-state index in [2.05, 4.69) is 10.3 Å². The summed E-state index contributed by atoms with van der Waals surface area (Å²) in [5.74, 6) is 2.80. The van der Waals surface area contributed by atoms with Gasteiger partial charge in [-0.25, -0.2) is 0 Å². The Bertz CT molecular complexity index is 1380. The fraction of sp³-hybridized carbons (Fsp3) is 0.185. The van der Waals surface area contributed by atoms with Gasteiger partial charge in [0.1, 0.15) is 29.1 Å². The maximum Gasteiger partial charge on any atom is 0.174 e. The molecule has 0 bridgehead atoms. The molecule has 1 fully saturated rings. The van der Waals surface area contributed by atoms with Gasteiger partial charge in [0.2, 0.25) is 0 Å². The second-order valence-corrected chi connectivity index (χ2v) is 9.02. The van der Waals surface area contributed by atoms with Gasteiger partial charge in [-0.15, -0.1) is 0 Å². The van der Waals surface area contributed by atoms with Crippen LogP contribution in [-0.2, 0) is 0 Å². The number of rotatable bonds is 6. The Morgan fingerprint density at radius 2 is 1.89 bits per heavy atom. The van der Waals surface area contributed by atoms with Crippen molar-refractivity contribution >= 4 is 34.6 Å². The van der Waals surface area contributed by atoms with Gasteiger partial charge < -0.3 is 24.1 Å². The molecule has 2 atom stereocenters. The minimum absolute atomic E-state index is 0.241. The van der Waals surface area contributed by atoms with Crippen LogP contribution in [0.25, 0.3) is 11.3 Å². The number of hydrogen-bond donors (Lipinski definition) is 1. The van der Waals surface area contributed by atoms with Crippen LogP contribution >= 0.6 is 23.8 Å². The molecule has 1 aliphatic rings. The average Bonchev–Trinajstić information content (AvgIpc) is 3.50. The van der Waals surface area contributed by atoms with Crippen molar-refractivity contribution in [3.8, 4) is 22.8 Å². The van der Waals surface area contributed by atoms with Crippen LogP contribution in [-0.4, -0.2) is 24.3 Å². The molecule has 3 heterocycles. The summed E-state index contributed by atoms with van der Waals surface area (Å²) in [5.41, 5.74) is 3.67. The Hall–Kier alpha value is -3.55. The van der Waals surface area contributed by atoms with E-state index in [9.17, 15) is 0 Å². The topological polar surface area (TPSA) is 59.8 Å². The molecule has 1 saturated heterocycles. The number of nitrogens with zero attached hydrogens (tertiary/aromatic N) is 2. The summed E-state index contributed by atoms with van der Waals surface area (Å²) in [6, 6.07) is 20.7. The maximum absolute atomic E-state index is 6.47. The molecule has 4 aromatic rings. The summed E-state index contributed by atoms with van der Waals surface area (Å²) < 4.78 is 17.6. The molecule has 0 saturated carbocycles. The number of methoxy groups -OCH3 is 2. The minimum Gasteiger partial charge on any atom is -0.497 e. The molecule has 0 amide bonds. The predicted octanol–water partition coefficient (Wildman–Crippen LogP) is 6.50. The van der Waals surface area contributed by atoms with Crippen LogP contribution in [0.2, 0.25) is 5.02 Å². The van der Waals surface area contributed by atoms with Crippen LogP contribution in [0.15, 0.2) is 77.3 Å². The molecule has 6 nitrogen and oxygen atoms in total. The lowest BCUT2D eigenvalue weighted by molar-refractivity contribution is 0.392. The predicted molar refractivity (Wildman–Crippen MR) is 141 cm³/mol. The highest BCUT2D eigenvalue weighted by atomic mass is 35.5. The molecule has 1 aliphatic heterocycles. The lowest BCUT2D eigenvalue weighted by atomic mass is 10.0. The first-order chi connectivity index (χ1) is 17.0. The molecular weight excluding hydrogens is 482 g/mol. The van der Waals surface area contributed by atoms with E-state index in [0.717, 1.165) is 34.0 Å². The highest BCUT2D eigenvalue weighted by Gasteiger charge is 2.43. The van der Waals surface area contributed by atoms with Crippen molar-refractivity contribution in [2.24, 2.45) is 0 Å². The first-order valence-electron chi connectivity index (χ1n) is 11.1. The van der Waals surface area contributed by atoms with Gasteiger partial charge in [0.15, 0.2) is 5.11 Å². The molecule has 0 radical (unpaired) electrons. The quantitative estimate of drug-likeness (QED) is 0.300. The van der Waals surface area contributed by atoms with Crippen molar-refractivity contribution in [3.63, 3.8) is 0 Å². The van der Waals surface area contributed by atoms with Gasteiger partial charge in [0, 0.05) is 22.8 Å². The smallest absolute Gasteiger partial charge is 0.174 e. The number of benzene rings is 2. The third-order valence-electron chi connectivity index (χ3n) is 6.13. The monoisotopic (exact) mass is 505 g/mol. The summed E-state index contributed by atoms with van der Waals surface area (Å²) in [7, 11) is 3.25. The van der Waals surface area contributed by atoms with Gasteiger partial charge >= 0.3 is 0 Å². The summed E-state index contributed by atoms with van der Waals surface area (Å²) in [4.78, 5) is 6.61. The first-order valence-corrected chi connectivity index (χ1v) is 11.9. The zero-order valence-corrected chi connectivity index (χ0v) is 21.1. The van der Waals surface area contributed by atoms with Crippen LogP contribution in [0, 0.1) is 6.92 Å². The molecule has 178 valence electrons. The molecule has 0 unspecified atom stereocenters. The summed E-state index contributed by atoms with van der Waals surface area (Å²) in [5, 5.41) is 4.65. The Labute approximate surface area is 214 Å². The number of pyridine rings is 1. The number of aryl methyl sites for hydroxylation is 1. The number of thiocarbonyl (C=S) groups is 1. The zero-order valence-electron chi connectivity index (χ0n) is 19.5. The molecule has 1 N–H and O–H groups in total. The third-order valence-corrected chi connectivity index (χ3v) is 6.68. The van der Waals surface area contributed by atoms with Gasteiger partial charge in [-0.2, -0.15) is 0 Å². The molecular formula is C27H24ClN3O3S. The number of ether oxygens (including phenoxy) is 2. The number of anilines is 1. The lowest BCUT2D eigenvalue weighted by Crippen LogP contribution is -2.29. The lowest BCUT2D eigenvalue weighted by Gasteiger charge is -2.27. The highest BCUT2D eigenvalue weighted by Crippen LogP contribution is 2.46. The second kappa shape index (κ2) is 9.60. The van der Waals surface area contributed by atoms with E-state index in [1.165, 1.54) is 0 Å². The van der Waals surface area contributed by atoms with Gasteiger partial charge in [0.05, 0.1) is 31.6 Å². The minimum atomic E-state index is -0.312. The molecule has 5 rings (SSSR count). The van der Waals surface area contributed by atoms with E-state index in [-0.39, 0.29) is 12.1 Å². The average molecular weight is 506 g/mol. The largest absolute Gasteiger partial charge is 0.497 e. The Kier molecular flexibility index (Phi) is 6.36. The summed E-state index contributed by atoms with van der Waals surface area (Å²) >= 11 is 12.1. The molecule has 2 aromatic heterocycles. The van der Waals surface area contributed by atoms with E-state index < -0.39 is 0 Å². The number of hydrogen-bond acceptors (Lipinski definition) is 5. The number of halogens is 1. The van der Waals surface area contributed by atoms with E-state index >= 15 is 0 Å². The van der Waals surface area contributed by atoms with Crippen LogP contribution < -0.4 is 19.7 Å². The van der Waals surface area contributed by atoms with Crippen LogP contribution in [0.5, 0.6) is 11.5 Å². The van der Waals surface area contributed by atoms with E-state index in [1.54, 1.807) is 20.4 Å². The fourth-order valence-electron chi connectivity index (χ4n) is 4.40. The van der Waals surface area contributed by atoms with Crippen molar-refractivity contribution in [2.75, 3.05) is 19.1 Å². The van der Waals surface area contributed by atoms with Crippen molar-refractivity contribution in [1.82, 2.24) is 10.3 Å². The van der Waals surface area contributed by atoms with E-state index in [1.807, 2.05) is 78.6 Å². The van der Waals surface area contributed by atoms with Crippen molar-refractivity contribution in [2.45, 2.75) is 19.0 Å². The summed E-state index contributed by atoms with van der Waals surface area (Å²) in [6.45, 7) is 2.03. The normalized spacial score (nSPS) is 17.4. The zero-order chi connectivity index (χ0) is 24.5. The van der Waals surface area contributed by atoms with Gasteiger partial charge in [-0.1, -0.05) is 23.7 Å². The molecule has 35 heavy (non-hydrogen) atoms. The third kappa shape index (κ3) is 4.33. The maximum atomic E-state index is 6.47. The van der Waals surface area contributed by atoms with Crippen LogP contribution in [0.4, 0.5) is 5.69 Å². The standard InChI is InChI=1S/C27H24ClN3O3S/c1-16-7-8-17(28)14-19(16)22-11-12-23(34-22)26-25(20-6-4-5-13-29-20)30-27(35)31(26)21-10-9-18(32-2)15-24(21)33-3/h4-15,25-26H,1-3H3,(H,30,35)/t25-,26+/m0/s1. The van der Waals surface area contributed by atoms with Gasteiger partial charge in [-0.3, -0.25) is 4.98 Å². The SMILES string of the molecule is COc1ccc(N2C(=S)N[C@@H](c3ccccn3)[C@H]2c2ccc(-c3cc(Cl)ccc3C)o2)c(OC)c1. The van der Waals surface area contributed by atoms with Crippen molar-refractivity contribution in [1.29, 1.82) is 0 Å². The van der Waals surface area contributed by atoms with Crippen molar-refractivity contribution in [3.05, 3.63) is 95.0 Å². The number of nitrogens with one attached hydrogen (secondary N) is 1. The highest BCUT2D eigenvalue weighted by molar-refractivity contribution is 7.80. The Morgan fingerprint density at radius 3 is 2.63 bits per heavy atom. The Morgan fingerprint density at radius 1 is 1.03 bits per heavy atom. The van der Waals surface area contributed by atoms with Crippen molar-refractivity contribution < 1.29 is 13.9 Å². The van der Waals surface area contributed by atoms with E-state index in [0.29, 0.717) is 21.6 Å². The first kappa shape index (κ1) is 23.2. The summed E-state index contributed by atoms with van der Waals surface area (Å²) in [6.07, 6.45) is 1.77. The molecule has 8 heteroatoms. The molecule has 0 aliphatic carbocycles. The second-order valence-electron chi connectivity index (χ2n) is 8.20. The fourth-order valence-corrected chi connectivity index (χ4v) is 4.91. The molecule has 2 aromatic carbocycles. The van der Waals surface area contributed by atoms with Crippen LogP contribution in [0.1, 0.15) is 29.1 Å². The van der Waals surface area contributed by atoms with Gasteiger partial charge in [0.25, 0.3) is 0 Å². The number of furan rings is 1. The van der Waals surface area contributed by atoms with E-state index in [4.69, 9.17) is 37.7 Å². The number of aromatic nitrogens is 1. The van der Waals surface area contributed by atoms with Gasteiger partial charge in [-0.05, 0) is 73.2 Å². The van der Waals surface area contributed by atoms with Crippen LogP contribution in [0.3, 0.4) is 0 Å². The Balaban J connectivity index is 1.64.